The van der Waals surface area contributed by atoms with E-state index in [1.54, 1.807) is 0 Å². The number of amides is 3. The number of rotatable bonds is 3. The van der Waals surface area contributed by atoms with E-state index in [1.165, 1.54) is 4.90 Å². The Bertz CT molecular complexity index is 338. The maximum atomic E-state index is 11.8. The molecule has 17 heavy (non-hydrogen) atoms. The molecule has 2 rings (SSSR count). The minimum atomic E-state index is -0.141. The van der Waals surface area contributed by atoms with Crippen LogP contribution >= 0.6 is 0 Å². The third-order valence-electron chi connectivity index (χ3n) is 3.48. The van der Waals surface area contributed by atoms with E-state index in [0.717, 1.165) is 19.5 Å². The molecule has 2 aliphatic rings. The molecular weight excluding hydrogens is 220 g/mol. The second-order valence-electron chi connectivity index (χ2n) is 4.92. The van der Waals surface area contributed by atoms with Crippen LogP contribution in [0.15, 0.2) is 0 Å². The summed E-state index contributed by atoms with van der Waals surface area (Å²) in [5, 5.41) is 0. The van der Waals surface area contributed by atoms with E-state index >= 15 is 0 Å². The van der Waals surface area contributed by atoms with Crippen molar-refractivity contribution < 1.29 is 14.4 Å². The smallest absolute Gasteiger partial charge is 0.229 e. The molecule has 0 N–H and O–H groups in total. The quantitative estimate of drug-likeness (QED) is 0.668. The zero-order valence-corrected chi connectivity index (χ0v) is 10.1. The number of hydrogen-bond acceptors (Lipinski definition) is 3. The van der Waals surface area contributed by atoms with Crippen LogP contribution in [-0.2, 0) is 14.4 Å². The maximum absolute atomic E-state index is 11.8. The summed E-state index contributed by atoms with van der Waals surface area (Å²) in [4.78, 5) is 37.6. The van der Waals surface area contributed by atoms with Gasteiger partial charge in [0.25, 0.3) is 0 Å². The molecule has 0 aliphatic carbocycles. The Hall–Kier alpha value is -1.39. The lowest BCUT2D eigenvalue weighted by molar-refractivity contribution is -0.139. The zero-order valence-electron chi connectivity index (χ0n) is 10.1. The fourth-order valence-corrected chi connectivity index (χ4v) is 2.40. The Morgan fingerprint density at radius 2 is 1.94 bits per heavy atom. The van der Waals surface area contributed by atoms with Gasteiger partial charge >= 0.3 is 0 Å². The average Bonchev–Trinajstić information content (AvgIpc) is 2.84. The molecule has 2 saturated heterocycles. The third-order valence-corrected chi connectivity index (χ3v) is 3.48. The van der Waals surface area contributed by atoms with Crippen molar-refractivity contribution in [2.75, 3.05) is 19.6 Å². The summed E-state index contributed by atoms with van der Waals surface area (Å²) in [5.74, 6) is 0.339. The number of nitrogens with zero attached hydrogens (tertiary/aromatic N) is 2. The summed E-state index contributed by atoms with van der Waals surface area (Å²) in [6.45, 7) is 3.99. The average molecular weight is 238 g/mol. The SMILES string of the molecule is CC1CCN(C(=O)CCN2C(=O)CCC2=O)C1. The Kier molecular flexibility index (Phi) is 3.45. The van der Waals surface area contributed by atoms with Crippen LogP contribution in [-0.4, -0.2) is 47.2 Å². The molecule has 0 aromatic heterocycles. The molecule has 0 bridgehead atoms. The van der Waals surface area contributed by atoms with Gasteiger partial charge in [-0.05, 0) is 12.3 Å². The molecule has 0 saturated carbocycles. The van der Waals surface area contributed by atoms with Crippen molar-refractivity contribution in [1.29, 1.82) is 0 Å². The fraction of sp³-hybridized carbons (Fsp3) is 0.750. The van der Waals surface area contributed by atoms with Crippen LogP contribution in [0.2, 0.25) is 0 Å². The van der Waals surface area contributed by atoms with Gasteiger partial charge in [0.1, 0.15) is 0 Å². The monoisotopic (exact) mass is 238 g/mol. The van der Waals surface area contributed by atoms with Crippen molar-refractivity contribution in [2.24, 2.45) is 5.92 Å². The maximum Gasteiger partial charge on any atom is 0.229 e. The first-order valence-corrected chi connectivity index (χ1v) is 6.19. The van der Waals surface area contributed by atoms with E-state index in [2.05, 4.69) is 6.92 Å². The van der Waals surface area contributed by atoms with Gasteiger partial charge in [0.2, 0.25) is 17.7 Å². The van der Waals surface area contributed by atoms with E-state index in [-0.39, 0.29) is 30.7 Å². The lowest BCUT2D eigenvalue weighted by Crippen LogP contribution is -2.35. The van der Waals surface area contributed by atoms with Crippen LogP contribution < -0.4 is 0 Å². The highest BCUT2D eigenvalue weighted by Gasteiger charge is 2.30. The molecule has 0 aromatic carbocycles. The van der Waals surface area contributed by atoms with Crippen molar-refractivity contribution in [3.8, 4) is 0 Å². The van der Waals surface area contributed by atoms with Crippen molar-refractivity contribution in [3.05, 3.63) is 0 Å². The van der Waals surface area contributed by atoms with E-state index in [0.29, 0.717) is 18.8 Å². The predicted molar refractivity (Wildman–Crippen MR) is 60.9 cm³/mol. The van der Waals surface area contributed by atoms with E-state index in [1.807, 2.05) is 4.90 Å². The minimum absolute atomic E-state index is 0.0573. The van der Waals surface area contributed by atoms with Crippen LogP contribution in [0, 0.1) is 5.92 Å². The minimum Gasteiger partial charge on any atom is -0.342 e. The summed E-state index contributed by atoms with van der Waals surface area (Å²) in [6, 6.07) is 0. The largest absolute Gasteiger partial charge is 0.342 e. The van der Waals surface area contributed by atoms with E-state index in [4.69, 9.17) is 0 Å². The van der Waals surface area contributed by atoms with E-state index < -0.39 is 0 Å². The fourth-order valence-electron chi connectivity index (χ4n) is 2.40. The summed E-state index contributed by atoms with van der Waals surface area (Å²) in [7, 11) is 0. The van der Waals surface area contributed by atoms with Crippen LogP contribution in [0.5, 0.6) is 0 Å². The van der Waals surface area contributed by atoms with Gasteiger partial charge in [-0.2, -0.15) is 0 Å². The first-order valence-electron chi connectivity index (χ1n) is 6.19. The standard InChI is InChI=1S/C12H18N2O3/c1-9-4-6-13(8-9)10(15)5-7-14-11(16)2-3-12(14)17/h9H,2-8H2,1H3. The molecule has 3 amide bonds. The molecule has 0 spiro atoms. The molecule has 5 heteroatoms. The van der Waals surface area contributed by atoms with Gasteiger partial charge in [-0.3, -0.25) is 19.3 Å². The molecule has 2 heterocycles. The molecule has 0 radical (unpaired) electrons. The molecule has 2 fully saturated rings. The molecule has 1 atom stereocenters. The molecule has 1 unspecified atom stereocenters. The topological polar surface area (TPSA) is 57.7 Å². The summed E-state index contributed by atoms with van der Waals surface area (Å²) in [5.41, 5.74) is 0. The van der Waals surface area contributed by atoms with Crippen LogP contribution in [0.25, 0.3) is 0 Å². The van der Waals surface area contributed by atoms with Gasteiger partial charge in [-0.1, -0.05) is 6.92 Å². The molecular formula is C12H18N2O3. The summed E-state index contributed by atoms with van der Waals surface area (Å²) < 4.78 is 0. The highest BCUT2D eigenvalue weighted by Crippen LogP contribution is 2.17. The molecule has 94 valence electrons. The van der Waals surface area contributed by atoms with Crippen molar-refractivity contribution in [2.45, 2.75) is 32.6 Å². The first kappa shape index (κ1) is 12.1. The second kappa shape index (κ2) is 4.85. The Morgan fingerprint density at radius 3 is 2.47 bits per heavy atom. The molecule has 5 nitrogen and oxygen atoms in total. The number of imide groups is 1. The predicted octanol–water partition coefficient (Wildman–Crippen LogP) is 0.394. The number of hydrogen-bond donors (Lipinski definition) is 0. The lowest BCUT2D eigenvalue weighted by atomic mass is 10.2. The van der Waals surface area contributed by atoms with Gasteiger partial charge in [-0.15, -0.1) is 0 Å². The van der Waals surface area contributed by atoms with Crippen LogP contribution in [0.1, 0.15) is 32.6 Å². The Morgan fingerprint density at radius 1 is 1.29 bits per heavy atom. The van der Waals surface area contributed by atoms with Crippen molar-refractivity contribution >= 4 is 17.7 Å². The molecule has 2 aliphatic heterocycles. The Balaban J connectivity index is 1.80. The highest BCUT2D eigenvalue weighted by atomic mass is 16.2. The van der Waals surface area contributed by atoms with Crippen LogP contribution in [0.3, 0.4) is 0 Å². The van der Waals surface area contributed by atoms with Gasteiger partial charge in [0.15, 0.2) is 0 Å². The molecule has 0 aromatic rings. The lowest BCUT2D eigenvalue weighted by Gasteiger charge is -2.18. The Labute approximate surface area is 101 Å². The van der Waals surface area contributed by atoms with Gasteiger partial charge in [0, 0.05) is 38.9 Å². The highest BCUT2D eigenvalue weighted by molar-refractivity contribution is 6.02. The summed E-state index contributed by atoms with van der Waals surface area (Å²) >= 11 is 0. The third kappa shape index (κ3) is 2.65. The number of likely N-dealkylation sites (tertiary alicyclic amines) is 2. The van der Waals surface area contributed by atoms with Gasteiger partial charge < -0.3 is 4.90 Å². The van der Waals surface area contributed by atoms with Crippen molar-refractivity contribution in [3.63, 3.8) is 0 Å². The van der Waals surface area contributed by atoms with Gasteiger partial charge in [0.05, 0.1) is 0 Å². The van der Waals surface area contributed by atoms with Gasteiger partial charge in [-0.25, -0.2) is 0 Å². The van der Waals surface area contributed by atoms with E-state index in [9.17, 15) is 14.4 Å². The second-order valence-corrected chi connectivity index (χ2v) is 4.92. The number of carbonyl (C=O) groups is 3. The van der Waals surface area contributed by atoms with Crippen LogP contribution in [0.4, 0.5) is 0 Å². The first-order chi connectivity index (χ1) is 8.08. The summed E-state index contributed by atoms with van der Waals surface area (Å²) in [6.07, 6.45) is 1.92. The number of carbonyl (C=O) groups excluding carboxylic acids is 3. The normalized spacial score (nSPS) is 24.9. The van der Waals surface area contributed by atoms with Crippen molar-refractivity contribution in [1.82, 2.24) is 9.80 Å². The zero-order chi connectivity index (χ0) is 12.4.